The zero-order valence-corrected chi connectivity index (χ0v) is 18.3. The second-order valence-electron chi connectivity index (χ2n) is 6.84. The molecule has 0 atom stereocenters. The molecule has 4 rings (SSSR count). The molecule has 31 heavy (non-hydrogen) atoms. The van der Waals surface area contributed by atoms with Crippen LogP contribution in [-0.4, -0.2) is 33.0 Å². The number of thioether (sulfide) groups is 1. The number of aromatic nitrogens is 3. The molecule has 0 saturated carbocycles. The van der Waals surface area contributed by atoms with Crippen LogP contribution in [0.15, 0.2) is 77.3 Å². The van der Waals surface area contributed by atoms with Crippen molar-refractivity contribution in [3.63, 3.8) is 0 Å². The monoisotopic (exact) mass is 452 g/mol. The van der Waals surface area contributed by atoms with Crippen molar-refractivity contribution in [3.8, 4) is 5.69 Å². The fourth-order valence-corrected chi connectivity index (χ4v) is 4.61. The molecule has 158 valence electrons. The van der Waals surface area contributed by atoms with E-state index in [2.05, 4.69) is 21.6 Å². The second kappa shape index (κ2) is 10.4. The Balaban J connectivity index is 1.46. The minimum Gasteiger partial charge on any atom is -0.355 e. The first-order valence-corrected chi connectivity index (χ1v) is 11.7. The predicted molar refractivity (Wildman–Crippen MR) is 122 cm³/mol. The van der Waals surface area contributed by atoms with Gasteiger partial charge >= 0.3 is 0 Å². The van der Waals surface area contributed by atoms with Crippen molar-refractivity contribution in [1.82, 2.24) is 20.1 Å². The molecule has 5 nitrogen and oxygen atoms in total. The highest BCUT2D eigenvalue weighted by molar-refractivity contribution is 7.99. The summed E-state index contributed by atoms with van der Waals surface area (Å²) in [5, 5.41) is 14.2. The molecule has 2 aromatic carbocycles. The van der Waals surface area contributed by atoms with Crippen LogP contribution in [0, 0.1) is 5.82 Å². The Bertz CT molecular complexity index is 1110. The minimum atomic E-state index is -0.305. The van der Waals surface area contributed by atoms with Crippen LogP contribution in [0.3, 0.4) is 0 Å². The predicted octanol–water partition coefficient (Wildman–Crippen LogP) is 4.51. The lowest BCUT2D eigenvalue weighted by Crippen LogP contribution is -2.27. The Kier molecular flexibility index (Phi) is 7.11. The van der Waals surface area contributed by atoms with E-state index < -0.39 is 0 Å². The topological polar surface area (TPSA) is 59.8 Å². The van der Waals surface area contributed by atoms with Crippen molar-refractivity contribution in [2.24, 2.45) is 0 Å². The maximum atomic E-state index is 13.5. The molecule has 0 aliphatic heterocycles. The number of hydrogen-bond donors (Lipinski definition) is 1. The molecule has 1 amide bonds. The normalized spacial score (nSPS) is 10.9. The van der Waals surface area contributed by atoms with E-state index in [1.807, 2.05) is 46.3 Å². The lowest BCUT2D eigenvalue weighted by atomic mass is 10.1. The summed E-state index contributed by atoms with van der Waals surface area (Å²) in [5.74, 6) is 0.605. The molecule has 0 aliphatic rings. The summed E-state index contributed by atoms with van der Waals surface area (Å²) in [4.78, 5) is 13.5. The van der Waals surface area contributed by atoms with E-state index in [-0.39, 0.29) is 17.5 Å². The lowest BCUT2D eigenvalue weighted by molar-refractivity contribution is -0.118. The molecular formula is C23H21FN4OS2. The molecule has 4 aromatic rings. The standard InChI is InChI=1S/C23H21FN4OS2/c24-18-8-10-19(11-9-18)28-21(15-17-5-2-1-3-6-17)26-27-23(28)31-16-22(29)25-13-12-20-7-4-14-30-20/h1-11,14H,12-13,15-16H2,(H,25,29). The largest absolute Gasteiger partial charge is 0.355 e. The number of carbonyl (C=O) groups excluding carboxylic acids is 1. The SMILES string of the molecule is O=C(CSc1nnc(Cc2ccccc2)n1-c1ccc(F)cc1)NCCc1cccs1. The van der Waals surface area contributed by atoms with E-state index >= 15 is 0 Å². The number of rotatable bonds is 9. The summed E-state index contributed by atoms with van der Waals surface area (Å²) >= 11 is 3.00. The van der Waals surface area contributed by atoms with Gasteiger partial charge in [0.25, 0.3) is 0 Å². The smallest absolute Gasteiger partial charge is 0.230 e. The number of nitrogens with zero attached hydrogens (tertiary/aromatic N) is 3. The number of nitrogens with one attached hydrogen (secondary N) is 1. The van der Waals surface area contributed by atoms with Crippen LogP contribution in [0.2, 0.25) is 0 Å². The molecule has 0 unspecified atom stereocenters. The van der Waals surface area contributed by atoms with Crippen molar-refractivity contribution < 1.29 is 9.18 Å². The Labute approximate surface area is 188 Å². The first-order chi connectivity index (χ1) is 15.2. The fourth-order valence-electron chi connectivity index (χ4n) is 3.10. The third kappa shape index (κ3) is 5.80. The summed E-state index contributed by atoms with van der Waals surface area (Å²) < 4.78 is 15.3. The number of carbonyl (C=O) groups is 1. The van der Waals surface area contributed by atoms with E-state index in [4.69, 9.17) is 0 Å². The number of hydrogen-bond acceptors (Lipinski definition) is 5. The van der Waals surface area contributed by atoms with Crippen molar-refractivity contribution >= 4 is 29.0 Å². The van der Waals surface area contributed by atoms with Gasteiger partial charge in [-0.2, -0.15) is 0 Å². The molecule has 8 heteroatoms. The molecule has 0 spiro atoms. The van der Waals surface area contributed by atoms with Gasteiger partial charge in [-0.25, -0.2) is 4.39 Å². The maximum absolute atomic E-state index is 13.5. The molecule has 0 fully saturated rings. The van der Waals surface area contributed by atoms with Crippen LogP contribution in [-0.2, 0) is 17.6 Å². The minimum absolute atomic E-state index is 0.0557. The molecule has 2 aromatic heterocycles. The Morgan fingerprint density at radius 3 is 2.58 bits per heavy atom. The van der Waals surface area contributed by atoms with Gasteiger partial charge in [-0.1, -0.05) is 48.2 Å². The van der Waals surface area contributed by atoms with Crippen molar-refractivity contribution in [1.29, 1.82) is 0 Å². The van der Waals surface area contributed by atoms with Crippen LogP contribution < -0.4 is 5.32 Å². The van der Waals surface area contributed by atoms with Gasteiger partial charge < -0.3 is 5.32 Å². The number of benzene rings is 2. The maximum Gasteiger partial charge on any atom is 0.230 e. The first kappa shape index (κ1) is 21.3. The van der Waals surface area contributed by atoms with Gasteiger partial charge in [0.15, 0.2) is 5.16 Å². The lowest BCUT2D eigenvalue weighted by Gasteiger charge is -2.10. The van der Waals surface area contributed by atoms with Crippen LogP contribution in [0.25, 0.3) is 5.69 Å². The van der Waals surface area contributed by atoms with Gasteiger partial charge in [0.2, 0.25) is 5.91 Å². The van der Waals surface area contributed by atoms with Gasteiger partial charge in [-0.3, -0.25) is 9.36 Å². The number of halogens is 1. The molecule has 0 bridgehead atoms. The van der Waals surface area contributed by atoms with E-state index in [9.17, 15) is 9.18 Å². The molecule has 1 N–H and O–H groups in total. The van der Waals surface area contributed by atoms with Crippen LogP contribution >= 0.6 is 23.1 Å². The highest BCUT2D eigenvalue weighted by atomic mass is 32.2. The molecule has 2 heterocycles. The second-order valence-corrected chi connectivity index (χ2v) is 8.82. The van der Waals surface area contributed by atoms with E-state index in [0.717, 1.165) is 23.5 Å². The number of amides is 1. The van der Waals surface area contributed by atoms with Gasteiger partial charge in [-0.15, -0.1) is 21.5 Å². The van der Waals surface area contributed by atoms with Crippen molar-refractivity contribution in [2.45, 2.75) is 18.0 Å². The highest BCUT2D eigenvalue weighted by Crippen LogP contribution is 2.23. The van der Waals surface area contributed by atoms with Gasteiger partial charge in [0.1, 0.15) is 11.6 Å². The average Bonchev–Trinajstić information content (AvgIpc) is 3.44. The Hall–Kier alpha value is -2.97. The third-order valence-electron chi connectivity index (χ3n) is 4.60. The molecule has 0 radical (unpaired) electrons. The van der Waals surface area contributed by atoms with E-state index in [1.54, 1.807) is 23.5 Å². The van der Waals surface area contributed by atoms with Crippen LogP contribution in [0.1, 0.15) is 16.3 Å². The van der Waals surface area contributed by atoms with E-state index in [1.165, 1.54) is 28.8 Å². The molecule has 0 aliphatic carbocycles. The van der Waals surface area contributed by atoms with Gasteiger partial charge in [0.05, 0.1) is 5.75 Å². The first-order valence-electron chi connectivity index (χ1n) is 9.85. The Morgan fingerprint density at radius 2 is 1.84 bits per heavy atom. The average molecular weight is 453 g/mol. The molecule has 0 saturated heterocycles. The molecular weight excluding hydrogens is 431 g/mol. The summed E-state index contributed by atoms with van der Waals surface area (Å²) in [7, 11) is 0. The van der Waals surface area contributed by atoms with Crippen molar-refractivity contribution in [3.05, 3.63) is 94.2 Å². The Morgan fingerprint density at radius 1 is 1.03 bits per heavy atom. The summed E-state index contributed by atoms with van der Waals surface area (Å²) in [6, 6.07) is 20.2. The van der Waals surface area contributed by atoms with Gasteiger partial charge in [-0.05, 0) is 47.7 Å². The summed E-state index contributed by atoms with van der Waals surface area (Å²) in [6.07, 6.45) is 1.40. The fraction of sp³-hybridized carbons (Fsp3) is 0.174. The quantitative estimate of drug-likeness (QED) is 0.380. The van der Waals surface area contributed by atoms with Crippen LogP contribution in [0.5, 0.6) is 0 Å². The van der Waals surface area contributed by atoms with Crippen LogP contribution in [0.4, 0.5) is 4.39 Å². The number of thiophene rings is 1. The van der Waals surface area contributed by atoms with E-state index in [0.29, 0.717) is 18.1 Å². The van der Waals surface area contributed by atoms with Gasteiger partial charge in [0, 0.05) is 23.5 Å². The summed E-state index contributed by atoms with van der Waals surface area (Å²) in [5.41, 5.74) is 1.86. The summed E-state index contributed by atoms with van der Waals surface area (Å²) in [6.45, 7) is 0.601. The third-order valence-corrected chi connectivity index (χ3v) is 6.46. The van der Waals surface area contributed by atoms with Crippen molar-refractivity contribution in [2.75, 3.05) is 12.3 Å². The zero-order valence-electron chi connectivity index (χ0n) is 16.7. The highest BCUT2D eigenvalue weighted by Gasteiger charge is 2.16. The zero-order chi connectivity index (χ0) is 21.5.